The first-order valence-corrected chi connectivity index (χ1v) is 9.22. The average Bonchev–Trinajstić information content (AvgIpc) is 2.84. The number of hydrogen-bond donors (Lipinski definition) is 0. The Morgan fingerprint density at radius 1 is 0.567 bits per heavy atom. The number of hydrogen-bond acceptors (Lipinski definition) is 6. The Hall–Kier alpha value is -4.19. The summed E-state index contributed by atoms with van der Waals surface area (Å²) in [5.74, 6) is 2.23. The van der Waals surface area contributed by atoms with Crippen LogP contribution in [0.2, 0.25) is 0 Å². The third-order valence-electron chi connectivity index (χ3n) is 4.59. The molecule has 0 bridgehead atoms. The van der Waals surface area contributed by atoms with Crippen molar-refractivity contribution in [3.8, 4) is 39.9 Å². The molecule has 4 rings (SSSR count). The van der Waals surface area contributed by atoms with E-state index in [4.69, 9.17) is 4.74 Å². The largest absolute Gasteiger partial charge is 0.497 e. The van der Waals surface area contributed by atoms with Crippen molar-refractivity contribution < 1.29 is 14.3 Å². The van der Waals surface area contributed by atoms with Gasteiger partial charge in [0.2, 0.25) is 0 Å². The Morgan fingerprint density at radius 3 is 1.20 bits per heavy atom. The summed E-state index contributed by atoms with van der Waals surface area (Å²) in [5.41, 5.74) is 3.50. The lowest BCUT2D eigenvalue weighted by Gasteiger charge is -2.09. The van der Waals surface area contributed by atoms with Crippen molar-refractivity contribution in [3.63, 3.8) is 0 Å². The molecule has 0 amide bonds. The van der Waals surface area contributed by atoms with Gasteiger partial charge < -0.3 is 4.74 Å². The zero-order valence-corrected chi connectivity index (χ0v) is 16.1. The second-order valence-electron chi connectivity index (χ2n) is 6.51. The Balaban J connectivity index is 1.85. The van der Waals surface area contributed by atoms with Crippen LogP contribution in [0.25, 0.3) is 34.2 Å². The minimum atomic E-state index is 0.489. The number of ether oxygens (including phenoxy) is 1. The van der Waals surface area contributed by atoms with Crippen LogP contribution in [0.1, 0.15) is 20.7 Å². The molecule has 0 fully saturated rings. The van der Waals surface area contributed by atoms with Crippen molar-refractivity contribution in [2.45, 2.75) is 0 Å². The summed E-state index contributed by atoms with van der Waals surface area (Å²) >= 11 is 0. The van der Waals surface area contributed by atoms with E-state index in [1.54, 1.807) is 55.6 Å². The van der Waals surface area contributed by atoms with Crippen LogP contribution in [0.3, 0.4) is 0 Å². The zero-order chi connectivity index (χ0) is 20.9. The molecule has 6 heteroatoms. The van der Waals surface area contributed by atoms with Crippen LogP contribution in [0.4, 0.5) is 0 Å². The lowest BCUT2D eigenvalue weighted by molar-refractivity contribution is 0.111. The fourth-order valence-corrected chi connectivity index (χ4v) is 2.92. The molecule has 0 saturated carbocycles. The van der Waals surface area contributed by atoms with Crippen LogP contribution >= 0.6 is 0 Å². The molecule has 0 aliphatic heterocycles. The van der Waals surface area contributed by atoms with Gasteiger partial charge in [0.15, 0.2) is 17.5 Å². The van der Waals surface area contributed by atoms with Gasteiger partial charge in [0.05, 0.1) is 7.11 Å². The Morgan fingerprint density at radius 2 is 0.900 bits per heavy atom. The minimum Gasteiger partial charge on any atom is -0.497 e. The molecule has 0 unspecified atom stereocenters. The quantitative estimate of drug-likeness (QED) is 0.447. The number of benzene rings is 3. The standard InChI is InChI=1S/C24H17N3O3/c1-30-21-12-10-20(11-13-21)24-26-22(18-6-2-16(14-28)3-7-18)25-23(27-24)19-8-4-17(15-29)5-9-19/h2-15H,1H3. The van der Waals surface area contributed by atoms with Crippen molar-refractivity contribution >= 4 is 12.6 Å². The number of carbonyl (C=O) groups excluding carboxylic acids is 2. The van der Waals surface area contributed by atoms with Gasteiger partial charge in [0.1, 0.15) is 18.3 Å². The smallest absolute Gasteiger partial charge is 0.164 e. The number of aromatic nitrogens is 3. The second kappa shape index (κ2) is 8.45. The molecule has 30 heavy (non-hydrogen) atoms. The molecule has 0 aliphatic carbocycles. The maximum absolute atomic E-state index is 11.0. The normalized spacial score (nSPS) is 10.4. The van der Waals surface area contributed by atoms with Crippen LogP contribution in [0.5, 0.6) is 5.75 Å². The SMILES string of the molecule is COc1ccc(-c2nc(-c3ccc(C=O)cc3)nc(-c3ccc(C=O)cc3)n2)cc1. The maximum Gasteiger partial charge on any atom is 0.164 e. The minimum absolute atomic E-state index is 0.489. The first-order chi connectivity index (χ1) is 14.7. The van der Waals surface area contributed by atoms with Gasteiger partial charge >= 0.3 is 0 Å². The molecule has 0 aliphatic rings. The van der Waals surface area contributed by atoms with Crippen molar-refractivity contribution in [1.29, 1.82) is 0 Å². The van der Waals surface area contributed by atoms with E-state index >= 15 is 0 Å². The van der Waals surface area contributed by atoms with Crippen LogP contribution in [0, 0.1) is 0 Å². The van der Waals surface area contributed by atoms with Gasteiger partial charge in [-0.05, 0) is 24.3 Å². The van der Waals surface area contributed by atoms with Gasteiger partial charge in [0, 0.05) is 27.8 Å². The molecular formula is C24H17N3O3. The van der Waals surface area contributed by atoms with E-state index < -0.39 is 0 Å². The molecule has 146 valence electrons. The Kier molecular flexibility index (Phi) is 5.39. The van der Waals surface area contributed by atoms with Crippen LogP contribution in [-0.2, 0) is 0 Å². The van der Waals surface area contributed by atoms with Gasteiger partial charge in [-0.15, -0.1) is 0 Å². The molecule has 6 nitrogen and oxygen atoms in total. The molecular weight excluding hydrogens is 378 g/mol. The zero-order valence-electron chi connectivity index (χ0n) is 16.1. The summed E-state index contributed by atoms with van der Waals surface area (Å²) in [4.78, 5) is 35.8. The van der Waals surface area contributed by atoms with Crippen LogP contribution in [-0.4, -0.2) is 34.6 Å². The van der Waals surface area contributed by atoms with Gasteiger partial charge in [-0.3, -0.25) is 9.59 Å². The fraction of sp³-hybridized carbons (Fsp3) is 0.0417. The van der Waals surface area contributed by atoms with Gasteiger partial charge in [-0.25, -0.2) is 15.0 Å². The lowest BCUT2D eigenvalue weighted by atomic mass is 10.1. The van der Waals surface area contributed by atoms with E-state index in [1.165, 1.54) is 0 Å². The number of aldehydes is 2. The van der Waals surface area contributed by atoms with Crippen LogP contribution < -0.4 is 4.74 Å². The van der Waals surface area contributed by atoms with E-state index in [-0.39, 0.29) is 0 Å². The second-order valence-corrected chi connectivity index (χ2v) is 6.51. The van der Waals surface area contributed by atoms with Crippen molar-refractivity contribution in [2.75, 3.05) is 7.11 Å². The number of methoxy groups -OCH3 is 1. The molecule has 0 spiro atoms. The summed E-state index contributed by atoms with van der Waals surface area (Å²) < 4.78 is 5.22. The van der Waals surface area contributed by atoms with Gasteiger partial charge in [0.25, 0.3) is 0 Å². The third-order valence-corrected chi connectivity index (χ3v) is 4.59. The lowest BCUT2D eigenvalue weighted by Crippen LogP contribution is -2.00. The highest BCUT2D eigenvalue weighted by Crippen LogP contribution is 2.26. The first kappa shape index (κ1) is 19.1. The predicted molar refractivity (Wildman–Crippen MR) is 113 cm³/mol. The predicted octanol–water partition coefficient (Wildman–Crippen LogP) is 4.51. The third kappa shape index (κ3) is 3.98. The van der Waals surface area contributed by atoms with Crippen LogP contribution in [0.15, 0.2) is 72.8 Å². The summed E-state index contributed by atoms with van der Waals surface area (Å²) in [6, 6.07) is 21.5. The van der Waals surface area contributed by atoms with Gasteiger partial charge in [-0.1, -0.05) is 48.5 Å². The molecule has 0 radical (unpaired) electrons. The molecule has 1 aromatic heterocycles. The van der Waals surface area contributed by atoms with Crippen molar-refractivity contribution in [1.82, 2.24) is 15.0 Å². The van der Waals surface area contributed by atoms with E-state index in [0.717, 1.165) is 35.0 Å². The highest BCUT2D eigenvalue weighted by molar-refractivity contribution is 5.77. The summed E-state index contributed by atoms with van der Waals surface area (Å²) in [6.07, 6.45) is 1.58. The van der Waals surface area contributed by atoms with Crippen molar-refractivity contribution in [2.24, 2.45) is 0 Å². The first-order valence-electron chi connectivity index (χ1n) is 9.22. The highest BCUT2D eigenvalue weighted by atomic mass is 16.5. The van der Waals surface area contributed by atoms with E-state index in [0.29, 0.717) is 28.6 Å². The summed E-state index contributed by atoms with van der Waals surface area (Å²) in [5, 5.41) is 0. The molecule has 4 aromatic rings. The molecule has 1 heterocycles. The van der Waals surface area contributed by atoms with E-state index in [9.17, 15) is 9.59 Å². The topological polar surface area (TPSA) is 82.0 Å². The molecule has 0 N–H and O–H groups in total. The van der Waals surface area contributed by atoms with Gasteiger partial charge in [-0.2, -0.15) is 0 Å². The number of carbonyl (C=O) groups is 2. The Labute approximate surface area is 173 Å². The van der Waals surface area contributed by atoms with Crippen molar-refractivity contribution in [3.05, 3.63) is 83.9 Å². The highest BCUT2D eigenvalue weighted by Gasteiger charge is 2.12. The summed E-state index contributed by atoms with van der Waals surface area (Å²) in [7, 11) is 1.61. The molecule has 0 saturated heterocycles. The Bertz CT molecular complexity index is 1120. The maximum atomic E-state index is 11.0. The fourth-order valence-electron chi connectivity index (χ4n) is 2.92. The number of nitrogens with zero attached hydrogens (tertiary/aromatic N) is 3. The van der Waals surface area contributed by atoms with E-state index in [1.807, 2.05) is 24.3 Å². The average molecular weight is 395 g/mol. The number of rotatable bonds is 6. The molecule has 0 atom stereocenters. The van der Waals surface area contributed by atoms with E-state index in [2.05, 4.69) is 15.0 Å². The molecule has 3 aromatic carbocycles. The summed E-state index contributed by atoms with van der Waals surface area (Å²) in [6.45, 7) is 0. The monoisotopic (exact) mass is 395 g/mol.